The maximum Gasteiger partial charge on any atom is 0.144 e. The number of aromatic amines is 1. The largest absolute Gasteiger partial charge is 0.342 e. The smallest absolute Gasteiger partial charge is 0.144 e. The monoisotopic (exact) mass is 324 g/mol. The number of hydrogen-bond acceptors (Lipinski definition) is 2. The van der Waals surface area contributed by atoms with Gasteiger partial charge in [0.25, 0.3) is 0 Å². The molecule has 2 aromatic rings. The molecule has 0 unspecified atom stereocenters. The standard InChI is InChI=1S/C13H10BrFN2S/c14-10-11(7-1-2-7)16-12(17-13(10)18)8-3-5-9(15)6-4-8/h3-7H,1-2H2,(H,16,17,18). The number of hydrogen-bond donors (Lipinski definition) is 1. The van der Waals surface area contributed by atoms with Crippen molar-refractivity contribution in [2.24, 2.45) is 0 Å². The molecule has 1 aromatic heterocycles. The summed E-state index contributed by atoms with van der Waals surface area (Å²) in [6.07, 6.45) is 2.35. The number of H-pyrrole nitrogens is 1. The second-order valence-corrected chi connectivity index (χ2v) is 5.58. The summed E-state index contributed by atoms with van der Waals surface area (Å²) >= 11 is 8.73. The van der Waals surface area contributed by atoms with Crippen molar-refractivity contribution in [3.8, 4) is 11.4 Å². The third-order valence-corrected chi connectivity index (χ3v) is 4.35. The fraction of sp³-hybridized carbons (Fsp3) is 0.231. The van der Waals surface area contributed by atoms with E-state index in [-0.39, 0.29) is 5.82 Å². The molecule has 0 saturated heterocycles. The minimum atomic E-state index is -0.253. The molecule has 1 aliphatic carbocycles. The Kier molecular flexibility index (Phi) is 3.03. The van der Waals surface area contributed by atoms with Crippen molar-refractivity contribution in [3.63, 3.8) is 0 Å². The van der Waals surface area contributed by atoms with Gasteiger partial charge in [0.2, 0.25) is 0 Å². The van der Waals surface area contributed by atoms with E-state index in [1.54, 1.807) is 12.1 Å². The molecule has 0 aliphatic heterocycles. The Balaban J connectivity index is 2.12. The van der Waals surface area contributed by atoms with Gasteiger partial charge in [0.15, 0.2) is 0 Å². The van der Waals surface area contributed by atoms with Gasteiger partial charge >= 0.3 is 0 Å². The van der Waals surface area contributed by atoms with Gasteiger partial charge in [-0.2, -0.15) is 0 Å². The van der Waals surface area contributed by atoms with E-state index in [0.717, 1.165) is 15.7 Å². The lowest BCUT2D eigenvalue weighted by molar-refractivity contribution is 0.628. The van der Waals surface area contributed by atoms with Crippen LogP contribution in [0.2, 0.25) is 0 Å². The van der Waals surface area contributed by atoms with Crippen LogP contribution < -0.4 is 0 Å². The van der Waals surface area contributed by atoms with Crippen molar-refractivity contribution in [2.75, 3.05) is 0 Å². The molecule has 1 N–H and O–H groups in total. The molecule has 1 heterocycles. The van der Waals surface area contributed by atoms with E-state index in [1.807, 2.05) is 0 Å². The van der Waals surface area contributed by atoms with E-state index in [2.05, 4.69) is 25.9 Å². The van der Waals surface area contributed by atoms with Crippen molar-refractivity contribution in [3.05, 3.63) is 44.9 Å². The van der Waals surface area contributed by atoms with E-state index in [9.17, 15) is 4.39 Å². The van der Waals surface area contributed by atoms with Crippen molar-refractivity contribution in [1.29, 1.82) is 0 Å². The summed E-state index contributed by atoms with van der Waals surface area (Å²) in [6, 6.07) is 6.25. The first kappa shape index (κ1) is 12.0. The number of halogens is 2. The molecule has 1 aliphatic rings. The topological polar surface area (TPSA) is 28.7 Å². The Morgan fingerprint density at radius 3 is 2.56 bits per heavy atom. The van der Waals surface area contributed by atoms with E-state index in [1.165, 1.54) is 25.0 Å². The van der Waals surface area contributed by atoms with Crippen LogP contribution in [-0.2, 0) is 0 Å². The van der Waals surface area contributed by atoms with Crippen LogP contribution in [0.5, 0.6) is 0 Å². The zero-order chi connectivity index (χ0) is 12.7. The molecule has 0 atom stereocenters. The molecule has 5 heteroatoms. The maximum atomic E-state index is 12.9. The van der Waals surface area contributed by atoms with Crippen molar-refractivity contribution in [2.45, 2.75) is 18.8 Å². The zero-order valence-electron chi connectivity index (χ0n) is 9.41. The van der Waals surface area contributed by atoms with E-state index >= 15 is 0 Å². The first-order chi connectivity index (χ1) is 8.65. The first-order valence-electron chi connectivity index (χ1n) is 5.71. The Bertz CT molecular complexity index is 647. The van der Waals surface area contributed by atoms with Gasteiger partial charge in [0, 0.05) is 17.2 Å². The van der Waals surface area contributed by atoms with Crippen LogP contribution in [0.25, 0.3) is 11.4 Å². The maximum absolute atomic E-state index is 12.9. The minimum Gasteiger partial charge on any atom is -0.342 e. The Morgan fingerprint density at radius 1 is 1.28 bits per heavy atom. The first-order valence-corrected chi connectivity index (χ1v) is 6.91. The molecule has 0 spiro atoms. The predicted octanol–water partition coefficient (Wildman–Crippen LogP) is 4.59. The molecule has 1 fully saturated rings. The summed E-state index contributed by atoms with van der Waals surface area (Å²) in [5, 5.41) is 0. The summed E-state index contributed by atoms with van der Waals surface area (Å²) in [5.74, 6) is 0.991. The molecule has 0 radical (unpaired) electrons. The fourth-order valence-corrected chi connectivity index (χ4v) is 2.59. The van der Waals surface area contributed by atoms with E-state index in [0.29, 0.717) is 16.4 Å². The van der Waals surface area contributed by atoms with Gasteiger partial charge in [0.1, 0.15) is 16.3 Å². The third-order valence-electron chi connectivity index (χ3n) is 2.99. The molecular formula is C13H10BrFN2S. The fourth-order valence-electron chi connectivity index (χ4n) is 1.87. The highest BCUT2D eigenvalue weighted by Crippen LogP contribution is 2.42. The van der Waals surface area contributed by atoms with Gasteiger partial charge in [0.05, 0.1) is 4.47 Å². The van der Waals surface area contributed by atoms with Crippen LogP contribution in [-0.4, -0.2) is 9.97 Å². The second-order valence-electron chi connectivity index (χ2n) is 4.40. The van der Waals surface area contributed by atoms with E-state index < -0.39 is 0 Å². The lowest BCUT2D eigenvalue weighted by Gasteiger charge is -2.07. The SMILES string of the molecule is Fc1ccc(-c2nc(=S)c(Br)c(C3CC3)[nH]2)cc1. The van der Waals surface area contributed by atoms with Crippen molar-refractivity contribution >= 4 is 28.1 Å². The lowest BCUT2D eigenvalue weighted by atomic mass is 10.2. The molecule has 18 heavy (non-hydrogen) atoms. The average Bonchev–Trinajstić information content (AvgIpc) is 3.18. The van der Waals surface area contributed by atoms with Crippen molar-refractivity contribution < 1.29 is 4.39 Å². The number of nitrogens with one attached hydrogen (secondary N) is 1. The van der Waals surface area contributed by atoms with Crippen LogP contribution in [0.15, 0.2) is 28.7 Å². The Labute approximate surface area is 117 Å². The van der Waals surface area contributed by atoms with Crippen molar-refractivity contribution in [1.82, 2.24) is 9.97 Å². The summed E-state index contributed by atoms with van der Waals surface area (Å²) in [7, 11) is 0. The molecular weight excluding hydrogens is 315 g/mol. The van der Waals surface area contributed by atoms with Gasteiger partial charge in [-0.1, -0.05) is 12.2 Å². The van der Waals surface area contributed by atoms with Crippen LogP contribution in [0.4, 0.5) is 4.39 Å². The average molecular weight is 325 g/mol. The van der Waals surface area contributed by atoms with E-state index in [4.69, 9.17) is 12.2 Å². The highest BCUT2D eigenvalue weighted by atomic mass is 79.9. The molecule has 2 nitrogen and oxygen atoms in total. The normalized spacial score (nSPS) is 14.8. The van der Waals surface area contributed by atoms with Crippen LogP contribution in [0.3, 0.4) is 0 Å². The lowest BCUT2D eigenvalue weighted by Crippen LogP contribution is -1.97. The number of aromatic nitrogens is 2. The van der Waals surface area contributed by atoms with Gasteiger partial charge in [-0.3, -0.25) is 0 Å². The second kappa shape index (κ2) is 4.55. The summed E-state index contributed by atoms with van der Waals surface area (Å²) in [6.45, 7) is 0. The third kappa shape index (κ3) is 2.24. The number of rotatable bonds is 2. The summed E-state index contributed by atoms with van der Waals surface area (Å²) < 4.78 is 14.3. The highest BCUT2D eigenvalue weighted by molar-refractivity contribution is 9.10. The highest BCUT2D eigenvalue weighted by Gasteiger charge is 2.27. The molecule has 3 rings (SSSR count). The van der Waals surface area contributed by atoms with Gasteiger partial charge in [-0.15, -0.1) is 0 Å². The number of nitrogens with zero attached hydrogens (tertiary/aromatic N) is 1. The molecule has 0 bridgehead atoms. The molecule has 92 valence electrons. The molecule has 1 saturated carbocycles. The van der Waals surface area contributed by atoms with Gasteiger partial charge in [-0.25, -0.2) is 9.37 Å². The van der Waals surface area contributed by atoms with Crippen LogP contribution >= 0.6 is 28.1 Å². The summed E-state index contributed by atoms with van der Waals surface area (Å²) in [5.41, 5.74) is 1.95. The van der Waals surface area contributed by atoms with Crippen LogP contribution in [0, 0.1) is 10.5 Å². The quantitative estimate of drug-likeness (QED) is 0.819. The zero-order valence-corrected chi connectivity index (χ0v) is 11.8. The van der Waals surface area contributed by atoms with Gasteiger partial charge < -0.3 is 4.98 Å². The van der Waals surface area contributed by atoms with Crippen LogP contribution in [0.1, 0.15) is 24.5 Å². The minimum absolute atomic E-state index is 0.253. The molecule has 0 amide bonds. The molecule has 1 aromatic carbocycles. The Hall–Kier alpha value is -1.07. The Morgan fingerprint density at radius 2 is 1.94 bits per heavy atom. The summed E-state index contributed by atoms with van der Waals surface area (Å²) in [4.78, 5) is 7.64. The predicted molar refractivity (Wildman–Crippen MR) is 74.5 cm³/mol. The number of benzene rings is 1. The van der Waals surface area contributed by atoms with Gasteiger partial charge in [-0.05, 0) is 53.0 Å².